The number of rotatable bonds is 8. The van der Waals surface area contributed by atoms with E-state index in [1.807, 2.05) is 0 Å². The van der Waals surface area contributed by atoms with E-state index in [0.29, 0.717) is 0 Å². The Bertz CT molecular complexity index is 3450. The van der Waals surface area contributed by atoms with Crippen LogP contribution in [0.4, 0.5) is 34.1 Å². The first-order valence-electron chi connectivity index (χ1n) is 22.6. The lowest BCUT2D eigenvalue weighted by Crippen LogP contribution is -2.24. The molecule has 0 saturated heterocycles. The zero-order valence-electron chi connectivity index (χ0n) is 36.5. The summed E-state index contributed by atoms with van der Waals surface area (Å²) in [4.78, 5) is 4.85. The molecule has 0 aliphatic heterocycles. The van der Waals surface area contributed by atoms with Crippen LogP contribution in [0.2, 0.25) is 0 Å². The van der Waals surface area contributed by atoms with Crippen LogP contribution in [0.25, 0.3) is 65.7 Å². The van der Waals surface area contributed by atoms with E-state index in [2.05, 4.69) is 266 Å². The molecule has 0 N–H and O–H groups in total. The molecule has 0 bridgehead atoms. The SMILES string of the molecule is CC1(C)c2cc(N(c3ccccc3)c3ccccc3)ccc2-c2cc3c4ccccc4c(N(c4ccccc4)c4cc(-c5ccccc5)cc(-c5ccccc5)c4)cc3c3cccc1c23. The molecule has 0 heterocycles. The standard InChI is InChI=1S/C63H46N2/c1-63(2)59-34-20-33-55-57-42-61(65(49-29-16-7-17-30-49)51-38-45(43-21-8-3-9-22-43)37-46(39-51)44-23-10-4-11-24-44)54-32-19-18-31-52(54)56(57)41-58(62(55)59)53-36-35-50(40-60(53)63)64(47-25-12-5-13-26-47)48-27-14-6-15-28-48/h3-42H,1-2H3. The lowest BCUT2D eigenvalue weighted by Gasteiger charge is -2.37. The summed E-state index contributed by atoms with van der Waals surface area (Å²) in [5.41, 5.74) is 16.5. The Labute approximate surface area is 380 Å². The average molecular weight is 831 g/mol. The van der Waals surface area contributed by atoms with Gasteiger partial charge in [0, 0.05) is 39.2 Å². The van der Waals surface area contributed by atoms with E-state index in [-0.39, 0.29) is 5.41 Å². The van der Waals surface area contributed by atoms with Gasteiger partial charge in [0.25, 0.3) is 0 Å². The Kier molecular flexibility index (Phi) is 9.21. The molecule has 0 atom stereocenters. The Morgan fingerprint density at radius 1 is 0.277 bits per heavy atom. The van der Waals surface area contributed by atoms with Crippen molar-refractivity contribution in [2.75, 3.05) is 9.80 Å². The summed E-state index contributed by atoms with van der Waals surface area (Å²) in [5, 5.41) is 7.54. The van der Waals surface area contributed by atoms with Crippen molar-refractivity contribution in [3.8, 4) is 33.4 Å². The monoisotopic (exact) mass is 830 g/mol. The largest absolute Gasteiger partial charge is 0.310 e. The number of hydrogen-bond donors (Lipinski definition) is 0. The predicted molar refractivity (Wildman–Crippen MR) is 277 cm³/mol. The fraction of sp³-hybridized carbons (Fsp3) is 0.0476. The average Bonchev–Trinajstić information content (AvgIpc) is 3.37. The van der Waals surface area contributed by atoms with Crippen LogP contribution in [0.1, 0.15) is 25.0 Å². The van der Waals surface area contributed by atoms with Crippen molar-refractivity contribution >= 4 is 66.4 Å². The van der Waals surface area contributed by atoms with Gasteiger partial charge in [-0.25, -0.2) is 0 Å². The van der Waals surface area contributed by atoms with Gasteiger partial charge < -0.3 is 9.80 Å². The van der Waals surface area contributed by atoms with Gasteiger partial charge in [-0.2, -0.15) is 0 Å². The van der Waals surface area contributed by atoms with E-state index < -0.39 is 0 Å². The van der Waals surface area contributed by atoms with Crippen LogP contribution in [-0.4, -0.2) is 0 Å². The Hall–Kier alpha value is -8.20. The summed E-state index contributed by atoms with van der Waals surface area (Å²) < 4.78 is 0. The molecule has 1 aliphatic rings. The maximum absolute atomic E-state index is 2.49. The summed E-state index contributed by atoms with van der Waals surface area (Å²) in [7, 11) is 0. The van der Waals surface area contributed by atoms with Crippen LogP contribution in [-0.2, 0) is 5.41 Å². The zero-order valence-corrected chi connectivity index (χ0v) is 36.5. The molecule has 11 aromatic carbocycles. The van der Waals surface area contributed by atoms with Crippen molar-refractivity contribution < 1.29 is 0 Å². The summed E-state index contributed by atoms with van der Waals surface area (Å²) in [6, 6.07) is 88.9. The lowest BCUT2D eigenvalue weighted by molar-refractivity contribution is 0.645. The fourth-order valence-electron chi connectivity index (χ4n) is 10.5. The number of para-hydroxylation sites is 3. The number of hydrogen-bond acceptors (Lipinski definition) is 2. The normalized spacial score (nSPS) is 12.6. The van der Waals surface area contributed by atoms with Gasteiger partial charge in [-0.05, 0) is 150 Å². The molecule has 1 aliphatic carbocycles. The highest BCUT2D eigenvalue weighted by atomic mass is 15.1. The second-order valence-corrected chi connectivity index (χ2v) is 17.7. The van der Waals surface area contributed by atoms with Crippen molar-refractivity contribution in [2.45, 2.75) is 19.3 Å². The minimum absolute atomic E-state index is 0.272. The number of benzene rings is 11. The molecule has 0 amide bonds. The second-order valence-electron chi connectivity index (χ2n) is 17.7. The Morgan fingerprint density at radius 2 is 0.769 bits per heavy atom. The highest BCUT2D eigenvalue weighted by Gasteiger charge is 2.35. The third-order valence-corrected chi connectivity index (χ3v) is 13.5. The van der Waals surface area contributed by atoms with Gasteiger partial charge in [0.05, 0.1) is 5.69 Å². The molecule has 12 rings (SSSR count). The van der Waals surface area contributed by atoms with Gasteiger partial charge in [-0.15, -0.1) is 0 Å². The molecule has 11 aromatic rings. The summed E-state index contributed by atoms with van der Waals surface area (Å²) >= 11 is 0. The zero-order chi connectivity index (χ0) is 43.5. The van der Waals surface area contributed by atoms with Crippen molar-refractivity contribution in [1.82, 2.24) is 0 Å². The maximum atomic E-state index is 2.49. The molecular formula is C63H46N2. The van der Waals surface area contributed by atoms with Crippen molar-refractivity contribution in [3.05, 3.63) is 254 Å². The molecular weight excluding hydrogens is 785 g/mol. The minimum atomic E-state index is -0.272. The summed E-state index contributed by atoms with van der Waals surface area (Å²) in [5.74, 6) is 0. The molecule has 2 heteroatoms. The van der Waals surface area contributed by atoms with Gasteiger partial charge in [-0.3, -0.25) is 0 Å². The first-order chi connectivity index (χ1) is 32.0. The van der Waals surface area contributed by atoms with Crippen LogP contribution in [0.3, 0.4) is 0 Å². The molecule has 0 radical (unpaired) electrons. The molecule has 2 nitrogen and oxygen atoms in total. The van der Waals surface area contributed by atoms with E-state index in [0.717, 1.165) is 34.1 Å². The van der Waals surface area contributed by atoms with E-state index in [9.17, 15) is 0 Å². The van der Waals surface area contributed by atoms with Crippen LogP contribution in [0.15, 0.2) is 243 Å². The molecule has 0 aromatic heterocycles. The number of anilines is 6. The van der Waals surface area contributed by atoms with Crippen LogP contribution < -0.4 is 9.80 Å². The number of fused-ring (bicyclic) bond motifs is 6. The molecule has 0 saturated carbocycles. The minimum Gasteiger partial charge on any atom is -0.310 e. The molecule has 0 fully saturated rings. The topological polar surface area (TPSA) is 6.48 Å². The lowest BCUT2D eigenvalue weighted by atomic mass is 9.68. The van der Waals surface area contributed by atoms with E-state index in [1.165, 1.54) is 76.8 Å². The number of nitrogens with zero attached hydrogens (tertiary/aromatic N) is 2. The predicted octanol–water partition coefficient (Wildman–Crippen LogP) is 17.7. The Balaban J connectivity index is 1.11. The molecule has 0 unspecified atom stereocenters. The summed E-state index contributed by atoms with van der Waals surface area (Å²) in [6.07, 6.45) is 0. The first kappa shape index (κ1) is 38.5. The molecule has 65 heavy (non-hydrogen) atoms. The van der Waals surface area contributed by atoms with E-state index >= 15 is 0 Å². The van der Waals surface area contributed by atoms with E-state index in [1.54, 1.807) is 0 Å². The van der Waals surface area contributed by atoms with Crippen LogP contribution >= 0.6 is 0 Å². The first-order valence-corrected chi connectivity index (χ1v) is 22.6. The smallest absolute Gasteiger partial charge is 0.0546 e. The van der Waals surface area contributed by atoms with Crippen LogP contribution in [0.5, 0.6) is 0 Å². The van der Waals surface area contributed by atoms with Crippen molar-refractivity contribution in [2.24, 2.45) is 0 Å². The van der Waals surface area contributed by atoms with Gasteiger partial charge >= 0.3 is 0 Å². The summed E-state index contributed by atoms with van der Waals surface area (Å²) in [6.45, 7) is 4.81. The molecule has 308 valence electrons. The highest BCUT2D eigenvalue weighted by Crippen LogP contribution is 2.54. The van der Waals surface area contributed by atoms with Gasteiger partial charge in [-0.1, -0.05) is 178 Å². The van der Waals surface area contributed by atoms with Gasteiger partial charge in [0.2, 0.25) is 0 Å². The third-order valence-electron chi connectivity index (χ3n) is 13.5. The van der Waals surface area contributed by atoms with Gasteiger partial charge in [0.15, 0.2) is 0 Å². The third kappa shape index (κ3) is 6.49. The van der Waals surface area contributed by atoms with Gasteiger partial charge in [0.1, 0.15) is 0 Å². The van der Waals surface area contributed by atoms with Crippen molar-refractivity contribution in [3.63, 3.8) is 0 Å². The maximum Gasteiger partial charge on any atom is 0.0546 e. The highest BCUT2D eigenvalue weighted by molar-refractivity contribution is 6.25. The van der Waals surface area contributed by atoms with Crippen molar-refractivity contribution in [1.29, 1.82) is 0 Å². The fourth-order valence-corrected chi connectivity index (χ4v) is 10.5. The Morgan fingerprint density at radius 3 is 1.35 bits per heavy atom. The molecule has 0 spiro atoms. The van der Waals surface area contributed by atoms with E-state index in [4.69, 9.17) is 0 Å². The quantitative estimate of drug-likeness (QED) is 0.141. The second kappa shape index (κ2) is 15.6. The van der Waals surface area contributed by atoms with Crippen LogP contribution in [0, 0.1) is 0 Å².